The van der Waals surface area contributed by atoms with Crippen molar-refractivity contribution in [2.45, 2.75) is 0 Å². The molecule has 0 atom stereocenters. The van der Waals surface area contributed by atoms with Gasteiger partial charge in [0.05, 0.1) is 44.0 Å². The highest BCUT2D eigenvalue weighted by Crippen LogP contribution is 2.49. The Morgan fingerprint density at radius 2 is 0.660 bits per heavy atom. The summed E-state index contributed by atoms with van der Waals surface area (Å²) in [5.74, 6) is -1.16. The summed E-state index contributed by atoms with van der Waals surface area (Å²) in [6.07, 6.45) is 0. The number of aromatic hydroxyl groups is 2. The van der Waals surface area contributed by atoms with E-state index < -0.39 is 0 Å². The normalized spacial score (nSPS) is 13.9. The van der Waals surface area contributed by atoms with Crippen LogP contribution in [0.5, 0.6) is 11.5 Å². The lowest BCUT2D eigenvalue weighted by Crippen LogP contribution is -2.21. The van der Waals surface area contributed by atoms with Crippen molar-refractivity contribution in [3.8, 4) is 11.5 Å². The molecule has 8 heteroatoms. The number of ketones is 4. The summed E-state index contributed by atoms with van der Waals surface area (Å²) in [6.45, 7) is 0. The SMILES string of the molecule is O=C1c2ccccc2C(=O)c2c1ccc1c2[nH]c2c1ccc1c(O)c3c(ccc4c5ccc6c(c5[nH]c43)C(=O)c3ccccc3C6=O)c(O)c12. The number of carbonyl (C=O) groups is 4. The monoisotopic (exact) mass is 648 g/mol. The molecule has 0 spiro atoms. The number of carbonyl (C=O) groups excluding carboxylic acids is 4. The molecule has 2 aliphatic rings. The predicted molar refractivity (Wildman–Crippen MR) is 190 cm³/mol. The van der Waals surface area contributed by atoms with Crippen LogP contribution in [-0.2, 0) is 0 Å². The Hall–Kier alpha value is -7.06. The van der Waals surface area contributed by atoms with Crippen LogP contribution in [0.1, 0.15) is 63.7 Å². The minimum atomic E-state index is -0.263. The molecule has 2 heterocycles. The molecule has 9 aromatic rings. The maximum atomic E-state index is 13.8. The Kier molecular flexibility index (Phi) is 4.79. The number of benzene rings is 7. The largest absolute Gasteiger partial charge is 0.507 e. The Balaban J connectivity index is 1.20. The second-order valence-corrected chi connectivity index (χ2v) is 13.0. The number of rotatable bonds is 0. The fraction of sp³-hybridized carbons (Fsp3) is 0. The minimum absolute atomic E-state index is 0.0886. The molecule has 2 aromatic heterocycles. The number of hydrogen-bond donors (Lipinski definition) is 4. The lowest BCUT2D eigenvalue weighted by molar-refractivity contribution is 0.0980. The summed E-state index contributed by atoms with van der Waals surface area (Å²) in [7, 11) is 0. The Morgan fingerprint density at radius 1 is 0.340 bits per heavy atom. The van der Waals surface area contributed by atoms with Crippen LogP contribution < -0.4 is 0 Å². The van der Waals surface area contributed by atoms with Crippen molar-refractivity contribution in [1.29, 1.82) is 0 Å². The van der Waals surface area contributed by atoms with Crippen LogP contribution in [0.25, 0.3) is 65.2 Å². The van der Waals surface area contributed by atoms with Gasteiger partial charge in [0.25, 0.3) is 0 Å². The van der Waals surface area contributed by atoms with E-state index >= 15 is 0 Å². The van der Waals surface area contributed by atoms with E-state index in [1.165, 1.54) is 0 Å². The molecule has 0 aliphatic heterocycles. The van der Waals surface area contributed by atoms with Gasteiger partial charge in [0, 0.05) is 65.7 Å². The molecule has 234 valence electrons. The molecule has 0 unspecified atom stereocenters. The maximum Gasteiger partial charge on any atom is 0.196 e. The third-order valence-electron chi connectivity index (χ3n) is 10.7. The molecule has 7 aromatic carbocycles. The van der Waals surface area contributed by atoms with Gasteiger partial charge in [-0.3, -0.25) is 19.2 Å². The minimum Gasteiger partial charge on any atom is -0.507 e. The molecule has 50 heavy (non-hydrogen) atoms. The highest BCUT2D eigenvalue weighted by atomic mass is 16.3. The fourth-order valence-corrected chi connectivity index (χ4v) is 8.40. The third kappa shape index (κ3) is 3.02. The fourth-order valence-electron chi connectivity index (χ4n) is 8.40. The van der Waals surface area contributed by atoms with E-state index in [1.54, 1.807) is 84.9 Å². The zero-order valence-electron chi connectivity index (χ0n) is 25.8. The smallest absolute Gasteiger partial charge is 0.196 e. The second kappa shape index (κ2) is 8.89. The first-order valence-electron chi connectivity index (χ1n) is 16.1. The molecule has 8 nitrogen and oxygen atoms in total. The molecule has 4 N–H and O–H groups in total. The first-order chi connectivity index (χ1) is 24.3. The number of aromatic amines is 2. The summed E-state index contributed by atoms with van der Waals surface area (Å²) in [5, 5.41) is 28.2. The highest BCUT2D eigenvalue weighted by molar-refractivity contribution is 6.36. The van der Waals surface area contributed by atoms with E-state index in [1.807, 2.05) is 12.1 Å². The molecule has 0 saturated carbocycles. The molecule has 2 aliphatic carbocycles. The third-order valence-corrected chi connectivity index (χ3v) is 10.7. The first-order valence-corrected chi connectivity index (χ1v) is 16.1. The number of hydrogen-bond acceptors (Lipinski definition) is 6. The van der Waals surface area contributed by atoms with Crippen LogP contribution in [0, 0.1) is 0 Å². The Morgan fingerprint density at radius 3 is 1.06 bits per heavy atom. The van der Waals surface area contributed by atoms with Crippen molar-refractivity contribution in [3.63, 3.8) is 0 Å². The van der Waals surface area contributed by atoms with Gasteiger partial charge in [-0.1, -0.05) is 72.8 Å². The molecule has 0 amide bonds. The number of phenolic OH excluding ortho intramolecular Hbond substituents is 2. The van der Waals surface area contributed by atoms with Crippen molar-refractivity contribution in [2.75, 3.05) is 0 Å². The van der Waals surface area contributed by atoms with E-state index in [9.17, 15) is 29.4 Å². The van der Waals surface area contributed by atoms with Gasteiger partial charge in [0.1, 0.15) is 11.5 Å². The van der Waals surface area contributed by atoms with E-state index in [2.05, 4.69) is 9.97 Å². The van der Waals surface area contributed by atoms with Crippen molar-refractivity contribution >= 4 is 88.3 Å². The van der Waals surface area contributed by atoms with Gasteiger partial charge in [0.15, 0.2) is 23.1 Å². The maximum absolute atomic E-state index is 13.8. The lowest BCUT2D eigenvalue weighted by atomic mass is 9.83. The van der Waals surface area contributed by atoms with Gasteiger partial charge in [-0.2, -0.15) is 0 Å². The summed E-state index contributed by atoms with van der Waals surface area (Å²) in [6, 6.07) is 27.6. The number of H-pyrrole nitrogens is 2. The topological polar surface area (TPSA) is 140 Å². The number of phenols is 2. The predicted octanol–water partition coefficient (Wildman–Crippen LogP) is 8.22. The zero-order chi connectivity index (χ0) is 33.7. The van der Waals surface area contributed by atoms with E-state index in [-0.39, 0.29) is 45.8 Å². The molecular weight excluding hydrogens is 628 g/mol. The number of aromatic nitrogens is 2. The average Bonchev–Trinajstić information content (AvgIpc) is 3.72. The van der Waals surface area contributed by atoms with Crippen molar-refractivity contribution in [2.24, 2.45) is 0 Å². The van der Waals surface area contributed by atoms with Gasteiger partial charge >= 0.3 is 0 Å². The Bertz CT molecular complexity index is 2980. The summed E-state index contributed by atoms with van der Waals surface area (Å²) >= 11 is 0. The molecule has 0 radical (unpaired) electrons. The quantitative estimate of drug-likeness (QED) is 0.0965. The van der Waals surface area contributed by atoms with Crippen LogP contribution in [0.3, 0.4) is 0 Å². The van der Waals surface area contributed by atoms with Gasteiger partial charge in [0.2, 0.25) is 0 Å². The van der Waals surface area contributed by atoms with Gasteiger partial charge in [-0.15, -0.1) is 0 Å². The van der Waals surface area contributed by atoms with Crippen LogP contribution in [0.2, 0.25) is 0 Å². The molecular formula is C42H20N2O6. The first kappa shape index (κ1) is 26.9. The lowest BCUT2D eigenvalue weighted by Gasteiger charge is -2.17. The summed E-state index contributed by atoms with van der Waals surface area (Å²) in [4.78, 5) is 61.1. The molecule has 0 saturated heterocycles. The summed E-state index contributed by atoms with van der Waals surface area (Å²) < 4.78 is 0. The van der Waals surface area contributed by atoms with Crippen molar-refractivity contribution in [1.82, 2.24) is 9.97 Å². The van der Waals surface area contributed by atoms with Crippen LogP contribution in [0.15, 0.2) is 97.1 Å². The Labute approximate surface area is 280 Å². The average molecular weight is 649 g/mol. The van der Waals surface area contributed by atoms with Crippen molar-refractivity contribution < 1.29 is 29.4 Å². The van der Waals surface area contributed by atoms with Gasteiger partial charge in [-0.05, 0) is 24.3 Å². The molecule has 0 bridgehead atoms. The summed E-state index contributed by atoms with van der Waals surface area (Å²) in [5.41, 5.74) is 4.55. The standard InChI is InChI=1S/C42H20N2O6/c45-37-21-5-1-3-7-23(21)39(47)29-25(37)13-9-17-19-11-15-27-31(35(19)43-33(17)29)41(49)28-16-12-20-18-10-14-26-30(34(18)44-36(20)32(28)42(27)50)40(48)24-8-4-2-6-22(24)38(26)46/h1-16,43-44,49-50H. The van der Waals surface area contributed by atoms with E-state index in [0.29, 0.717) is 98.5 Å². The van der Waals surface area contributed by atoms with Crippen molar-refractivity contribution in [3.05, 3.63) is 142 Å². The van der Waals surface area contributed by atoms with E-state index in [4.69, 9.17) is 0 Å². The molecule has 11 rings (SSSR count). The zero-order valence-corrected chi connectivity index (χ0v) is 25.8. The second-order valence-electron chi connectivity index (χ2n) is 13.0. The highest BCUT2D eigenvalue weighted by Gasteiger charge is 2.34. The molecule has 0 fully saturated rings. The van der Waals surface area contributed by atoms with Gasteiger partial charge in [-0.25, -0.2) is 0 Å². The number of fused-ring (bicyclic) bond motifs is 16. The van der Waals surface area contributed by atoms with Crippen LogP contribution in [-0.4, -0.2) is 43.3 Å². The van der Waals surface area contributed by atoms with E-state index in [0.717, 1.165) is 0 Å². The van der Waals surface area contributed by atoms with Gasteiger partial charge < -0.3 is 20.2 Å². The van der Waals surface area contributed by atoms with Crippen LogP contribution in [0.4, 0.5) is 0 Å². The number of nitrogens with one attached hydrogen (secondary N) is 2. The van der Waals surface area contributed by atoms with Crippen LogP contribution >= 0.6 is 0 Å².